The number of hydrogen-bond donors (Lipinski definition) is 2. The number of hydrogen-bond acceptors (Lipinski definition) is 7. The van der Waals surface area contributed by atoms with Crippen molar-refractivity contribution in [1.82, 2.24) is 34.7 Å². The molecule has 3 N–H and O–H groups in total. The summed E-state index contributed by atoms with van der Waals surface area (Å²) in [4.78, 5) is 32.8. The number of carbonyl (C=O) groups is 2. The zero-order valence-corrected chi connectivity index (χ0v) is 25.5. The van der Waals surface area contributed by atoms with Crippen LogP contribution in [0.5, 0.6) is 0 Å². The Morgan fingerprint density at radius 1 is 1.13 bits per heavy atom. The molecule has 7 rings (SSSR count). The summed E-state index contributed by atoms with van der Waals surface area (Å²) < 4.78 is 48.9. The van der Waals surface area contributed by atoms with Gasteiger partial charge in [-0.1, -0.05) is 0 Å². The number of imidazole rings is 1. The lowest BCUT2D eigenvalue weighted by Crippen LogP contribution is -2.47. The summed E-state index contributed by atoms with van der Waals surface area (Å²) in [6, 6.07) is 1.60. The minimum atomic E-state index is -4.33. The van der Waals surface area contributed by atoms with Crippen molar-refractivity contribution in [2.45, 2.75) is 83.4 Å². The van der Waals surface area contributed by atoms with E-state index in [2.05, 4.69) is 10.4 Å². The first kappa shape index (κ1) is 31.4. The van der Waals surface area contributed by atoms with Gasteiger partial charge in [-0.25, -0.2) is 14.5 Å². The first-order valence-electron chi connectivity index (χ1n) is 16.1. The average molecular weight is 631 g/mol. The molecule has 2 saturated carbocycles. The molecule has 3 aromatic rings. The maximum absolute atomic E-state index is 13.4. The molecule has 0 radical (unpaired) electrons. The Morgan fingerprint density at radius 2 is 1.84 bits per heavy atom. The average Bonchev–Trinajstić information content (AvgIpc) is 3.95. The van der Waals surface area contributed by atoms with Crippen LogP contribution in [0.15, 0.2) is 18.5 Å². The Morgan fingerprint density at radius 3 is 2.44 bits per heavy atom. The number of halogens is 3. The van der Waals surface area contributed by atoms with Crippen molar-refractivity contribution in [3.05, 3.63) is 41.2 Å². The molecular formula is C31H41F3N8O3. The maximum Gasteiger partial charge on any atom is 0.393 e. The van der Waals surface area contributed by atoms with E-state index in [-0.39, 0.29) is 31.2 Å². The minimum absolute atomic E-state index is 0.104. The molecule has 3 aromatic heterocycles. The van der Waals surface area contributed by atoms with Crippen LogP contribution in [0, 0.1) is 29.6 Å². The topological polar surface area (TPSA) is 142 Å². The van der Waals surface area contributed by atoms with Gasteiger partial charge in [0.05, 0.1) is 29.2 Å². The Kier molecular flexibility index (Phi) is 9.12. The van der Waals surface area contributed by atoms with E-state index < -0.39 is 23.9 Å². The molecule has 45 heavy (non-hydrogen) atoms. The number of alkyl halides is 3. The molecule has 0 bridgehead atoms. The van der Waals surface area contributed by atoms with Crippen molar-refractivity contribution in [2.75, 3.05) is 19.8 Å². The summed E-state index contributed by atoms with van der Waals surface area (Å²) in [5.41, 5.74) is 7.85. The van der Waals surface area contributed by atoms with Crippen molar-refractivity contribution in [3.8, 4) is 0 Å². The molecule has 2 saturated heterocycles. The van der Waals surface area contributed by atoms with Gasteiger partial charge in [-0.15, -0.1) is 0 Å². The minimum Gasteiger partial charge on any atom is -0.381 e. The lowest BCUT2D eigenvalue weighted by Gasteiger charge is -2.31. The smallest absolute Gasteiger partial charge is 0.381 e. The number of rotatable bonds is 9. The highest BCUT2D eigenvalue weighted by molar-refractivity contribution is 5.90. The number of primary amides is 1. The number of aryl methyl sites for hydroxylation is 1. The lowest BCUT2D eigenvalue weighted by molar-refractivity contribution is -0.183. The van der Waals surface area contributed by atoms with Crippen molar-refractivity contribution in [1.29, 1.82) is 0 Å². The van der Waals surface area contributed by atoms with Gasteiger partial charge in [0.1, 0.15) is 5.69 Å². The predicted octanol–water partition coefficient (Wildman–Crippen LogP) is 3.86. The van der Waals surface area contributed by atoms with E-state index >= 15 is 0 Å². The van der Waals surface area contributed by atoms with E-state index in [9.17, 15) is 22.8 Å². The van der Waals surface area contributed by atoms with Gasteiger partial charge in [0.2, 0.25) is 5.91 Å². The van der Waals surface area contributed by atoms with Gasteiger partial charge >= 0.3 is 6.18 Å². The number of carbonyl (C=O) groups excluding carboxylic acids is 2. The molecule has 2 unspecified atom stereocenters. The highest BCUT2D eigenvalue weighted by Gasteiger charge is 2.45. The Bertz CT molecular complexity index is 1500. The Balaban J connectivity index is 0.000000306. The zero-order valence-electron chi connectivity index (χ0n) is 25.5. The van der Waals surface area contributed by atoms with Crippen molar-refractivity contribution in [2.24, 2.45) is 35.3 Å². The molecule has 14 heteroatoms. The summed E-state index contributed by atoms with van der Waals surface area (Å²) in [5.74, 6) is -0.134. The van der Waals surface area contributed by atoms with Gasteiger partial charge in [0, 0.05) is 50.8 Å². The normalized spacial score (nSPS) is 22.7. The van der Waals surface area contributed by atoms with Gasteiger partial charge in [0.25, 0.3) is 11.7 Å². The fourth-order valence-corrected chi connectivity index (χ4v) is 6.82. The molecule has 2 aliphatic carbocycles. The van der Waals surface area contributed by atoms with E-state index in [1.807, 2.05) is 13.1 Å². The lowest BCUT2D eigenvalue weighted by atomic mass is 9.84. The van der Waals surface area contributed by atoms with Crippen LogP contribution in [-0.2, 0) is 28.9 Å². The van der Waals surface area contributed by atoms with Crippen LogP contribution in [0.4, 0.5) is 13.2 Å². The largest absolute Gasteiger partial charge is 0.393 e. The number of nitrogens with one attached hydrogen (secondary N) is 1. The molecule has 0 aromatic carbocycles. The third-order valence-corrected chi connectivity index (χ3v) is 9.61. The van der Waals surface area contributed by atoms with E-state index in [1.165, 1.54) is 25.7 Å². The first-order valence-corrected chi connectivity index (χ1v) is 16.1. The molecule has 5 heterocycles. The number of aromatic nitrogens is 6. The molecule has 2 aliphatic heterocycles. The fraction of sp³-hybridized carbons (Fsp3) is 0.677. The summed E-state index contributed by atoms with van der Waals surface area (Å²) in [7, 11) is 0. The SMILES string of the molecule is CCn1nccc1C(N)=O.O=C1NCC(C(F)(F)F)CC1Cc1nn2cc(CC(C3CC3)C3CC3)nc2nc1C1CCOCC1. The van der Waals surface area contributed by atoms with Crippen LogP contribution in [0.2, 0.25) is 0 Å². The van der Waals surface area contributed by atoms with Crippen molar-refractivity contribution >= 4 is 17.6 Å². The standard InChI is InChI=1S/C25H32F3N5O2.C6H9N3O/c26-25(27,28)18-9-17(23(34)29-12-18)10-21-22(16-5-7-35-8-6-16)31-24-30-19(13-33(24)32-21)11-20(14-1-2-14)15-3-4-15;1-2-9-5(6(7)10)3-4-8-9/h13-18,20H,1-12H2,(H,29,34);3-4H,2H2,1H3,(H2,7,10). The number of nitrogens with two attached hydrogens (primary N) is 1. The number of fused-ring (bicyclic) bond motifs is 1. The Labute approximate surface area is 259 Å². The molecule has 0 spiro atoms. The number of ether oxygens (including phenoxy) is 1. The Hall–Kier alpha value is -3.55. The maximum atomic E-state index is 13.4. The number of amides is 2. The van der Waals surface area contributed by atoms with Crippen LogP contribution < -0.4 is 11.1 Å². The van der Waals surface area contributed by atoms with Crippen LogP contribution in [-0.4, -0.2) is 67.1 Å². The molecule has 244 valence electrons. The van der Waals surface area contributed by atoms with Crippen molar-refractivity contribution < 1.29 is 27.5 Å². The second-order valence-corrected chi connectivity index (χ2v) is 12.9. The quantitative estimate of drug-likeness (QED) is 0.366. The second-order valence-electron chi connectivity index (χ2n) is 12.9. The highest BCUT2D eigenvalue weighted by atomic mass is 19.4. The summed E-state index contributed by atoms with van der Waals surface area (Å²) in [6.07, 6.45) is 6.81. The van der Waals surface area contributed by atoms with Gasteiger partial charge in [0.15, 0.2) is 0 Å². The van der Waals surface area contributed by atoms with Gasteiger partial charge < -0.3 is 15.8 Å². The van der Waals surface area contributed by atoms with Gasteiger partial charge in [-0.3, -0.25) is 14.3 Å². The summed E-state index contributed by atoms with van der Waals surface area (Å²) in [5, 5.41) is 11.1. The third-order valence-electron chi connectivity index (χ3n) is 9.61. The predicted molar refractivity (Wildman–Crippen MR) is 157 cm³/mol. The van der Waals surface area contributed by atoms with Gasteiger partial charge in [-0.05, 0) is 82.1 Å². The molecule has 2 atom stereocenters. The third kappa shape index (κ3) is 7.47. The fourth-order valence-electron chi connectivity index (χ4n) is 6.82. The van der Waals surface area contributed by atoms with Gasteiger partial charge in [-0.2, -0.15) is 23.4 Å². The van der Waals surface area contributed by atoms with E-state index in [4.69, 9.17) is 25.5 Å². The van der Waals surface area contributed by atoms with Crippen LogP contribution >= 0.6 is 0 Å². The second kappa shape index (κ2) is 13.1. The zero-order chi connectivity index (χ0) is 31.7. The monoisotopic (exact) mass is 630 g/mol. The highest BCUT2D eigenvalue weighted by Crippen LogP contribution is 2.50. The molecular weight excluding hydrogens is 589 g/mol. The van der Waals surface area contributed by atoms with E-state index in [1.54, 1.807) is 21.5 Å². The molecule has 4 fully saturated rings. The first-order chi connectivity index (χ1) is 21.6. The number of piperidine rings is 1. The van der Waals surface area contributed by atoms with E-state index in [0.717, 1.165) is 42.5 Å². The van der Waals surface area contributed by atoms with Crippen LogP contribution in [0.3, 0.4) is 0 Å². The van der Waals surface area contributed by atoms with Crippen molar-refractivity contribution in [3.63, 3.8) is 0 Å². The van der Waals surface area contributed by atoms with Crippen LogP contribution in [0.1, 0.15) is 85.4 Å². The molecule has 11 nitrogen and oxygen atoms in total. The molecule has 2 amide bonds. The summed E-state index contributed by atoms with van der Waals surface area (Å²) in [6.45, 7) is 3.44. The van der Waals surface area contributed by atoms with E-state index in [0.29, 0.717) is 42.8 Å². The van der Waals surface area contributed by atoms with Crippen LogP contribution in [0.25, 0.3) is 5.78 Å². The molecule has 4 aliphatic rings. The summed E-state index contributed by atoms with van der Waals surface area (Å²) >= 11 is 0. The number of nitrogens with zero attached hydrogens (tertiary/aromatic N) is 6.